The molecule has 0 radical (unpaired) electrons. The lowest BCUT2D eigenvalue weighted by Crippen LogP contribution is -2.47. The molecule has 3 heteroatoms. The predicted molar refractivity (Wildman–Crippen MR) is 73.1 cm³/mol. The molecule has 0 aromatic heterocycles. The lowest BCUT2D eigenvalue weighted by molar-refractivity contribution is -0.0497. The molecule has 102 valence electrons. The first-order valence-electron chi connectivity index (χ1n) is 7.00. The number of rotatable bonds is 6. The Hall–Kier alpha value is -0.120. The molecule has 0 aromatic carbocycles. The SMILES string of the molecule is CC1CN(CCCCC(C)(C)CN)C(C)CO1. The summed E-state index contributed by atoms with van der Waals surface area (Å²) in [7, 11) is 0. The van der Waals surface area contributed by atoms with E-state index in [4.69, 9.17) is 10.5 Å². The fourth-order valence-electron chi connectivity index (χ4n) is 2.30. The second-order valence-corrected chi connectivity index (χ2v) is 6.31. The molecule has 1 rings (SSSR count). The Labute approximate surface area is 107 Å². The van der Waals surface area contributed by atoms with Gasteiger partial charge in [-0.3, -0.25) is 4.90 Å². The van der Waals surface area contributed by atoms with Gasteiger partial charge in [0.25, 0.3) is 0 Å². The highest BCUT2D eigenvalue weighted by molar-refractivity contribution is 4.76. The minimum absolute atomic E-state index is 0.309. The average Bonchev–Trinajstić information content (AvgIpc) is 2.29. The van der Waals surface area contributed by atoms with Crippen LogP contribution in [-0.2, 0) is 4.74 Å². The van der Waals surface area contributed by atoms with Crippen molar-refractivity contribution in [2.45, 2.75) is 59.1 Å². The van der Waals surface area contributed by atoms with Crippen LogP contribution < -0.4 is 5.73 Å². The summed E-state index contributed by atoms with van der Waals surface area (Å²) in [4.78, 5) is 2.56. The van der Waals surface area contributed by atoms with Crippen molar-refractivity contribution in [3.05, 3.63) is 0 Å². The predicted octanol–water partition coefficient (Wildman–Crippen LogP) is 2.25. The van der Waals surface area contributed by atoms with Crippen LogP contribution in [0.15, 0.2) is 0 Å². The van der Waals surface area contributed by atoms with E-state index in [1.54, 1.807) is 0 Å². The van der Waals surface area contributed by atoms with Crippen molar-refractivity contribution in [2.75, 3.05) is 26.2 Å². The first kappa shape index (κ1) is 14.9. The Morgan fingerprint density at radius 3 is 2.65 bits per heavy atom. The zero-order valence-electron chi connectivity index (χ0n) is 12.0. The maximum atomic E-state index is 5.74. The smallest absolute Gasteiger partial charge is 0.0674 e. The van der Waals surface area contributed by atoms with Gasteiger partial charge in [0, 0.05) is 12.6 Å². The summed E-state index contributed by atoms with van der Waals surface area (Å²) in [6, 6.07) is 0.578. The van der Waals surface area contributed by atoms with Gasteiger partial charge in [0.2, 0.25) is 0 Å². The van der Waals surface area contributed by atoms with Crippen molar-refractivity contribution in [3.8, 4) is 0 Å². The molecule has 0 saturated carbocycles. The van der Waals surface area contributed by atoms with E-state index >= 15 is 0 Å². The van der Waals surface area contributed by atoms with E-state index in [1.165, 1.54) is 25.8 Å². The third kappa shape index (κ3) is 5.36. The summed E-state index contributed by atoms with van der Waals surface area (Å²) in [6.07, 6.45) is 4.19. The number of hydrogen-bond donors (Lipinski definition) is 1. The Morgan fingerprint density at radius 2 is 2.00 bits per heavy atom. The molecule has 1 heterocycles. The Bertz CT molecular complexity index is 218. The molecule has 0 aromatic rings. The molecular formula is C14H30N2O. The van der Waals surface area contributed by atoms with Crippen LogP contribution in [0, 0.1) is 5.41 Å². The monoisotopic (exact) mass is 242 g/mol. The van der Waals surface area contributed by atoms with Crippen molar-refractivity contribution >= 4 is 0 Å². The summed E-state index contributed by atoms with van der Waals surface area (Å²) in [5.74, 6) is 0. The van der Waals surface area contributed by atoms with Crippen LogP contribution in [-0.4, -0.2) is 43.3 Å². The maximum Gasteiger partial charge on any atom is 0.0674 e. The van der Waals surface area contributed by atoms with E-state index in [2.05, 4.69) is 32.6 Å². The number of morpholine rings is 1. The van der Waals surface area contributed by atoms with Crippen molar-refractivity contribution in [3.63, 3.8) is 0 Å². The quantitative estimate of drug-likeness (QED) is 0.726. The molecule has 2 atom stereocenters. The van der Waals surface area contributed by atoms with Crippen LogP contribution >= 0.6 is 0 Å². The molecule has 1 fully saturated rings. The van der Waals surface area contributed by atoms with Gasteiger partial charge in [-0.15, -0.1) is 0 Å². The minimum atomic E-state index is 0.309. The second kappa shape index (κ2) is 6.72. The van der Waals surface area contributed by atoms with Crippen LogP contribution in [0.3, 0.4) is 0 Å². The third-order valence-corrected chi connectivity index (χ3v) is 3.84. The van der Waals surface area contributed by atoms with Crippen LogP contribution in [0.25, 0.3) is 0 Å². The molecule has 1 saturated heterocycles. The van der Waals surface area contributed by atoms with Gasteiger partial charge >= 0.3 is 0 Å². The molecule has 0 spiro atoms. The van der Waals surface area contributed by atoms with Crippen molar-refractivity contribution < 1.29 is 4.74 Å². The van der Waals surface area contributed by atoms with E-state index in [1.807, 2.05) is 0 Å². The highest BCUT2D eigenvalue weighted by atomic mass is 16.5. The highest BCUT2D eigenvalue weighted by Gasteiger charge is 2.23. The zero-order valence-corrected chi connectivity index (χ0v) is 12.0. The highest BCUT2D eigenvalue weighted by Crippen LogP contribution is 2.21. The van der Waals surface area contributed by atoms with Gasteiger partial charge in [-0.05, 0) is 45.2 Å². The summed E-state index contributed by atoms with van der Waals surface area (Å²) in [5, 5.41) is 0. The average molecular weight is 242 g/mol. The van der Waals surface area contributed by atoms with E-state index < -0.39 is 0 Å². The van der Waals surface area contributed by atoms with Gasteiger partial charge in [-0.25, -0.2) is 0 Å². The van der Waals surface area contributed by atoms with Crippen molar-refractivity contribution in [1.29, 1.82) is 0 Å². The fraction of sp³-hybridized carbons (Fsp3) is 1.00. The summed E-state index contributed by atoms with van der Waals surface area (Å²) in [6.45, 7) is 12.9. The summed E-state index contributed by atoms with van der Waals surface area (Å²) in [5.41, 5.74) is 6.05. The Kier molecular flexibility index (Phi) is 5.90. The van der Waals surface area contributed by atoms with E-state index in [9.17, 15) is 0 Å². The van der Waals surface area contributed by atoms with E-state index in [0.29, 0.717) is 17.6 Å². The van der Waals surface area contributed by atoms with Crippen molar-refractivity contribution in [1.82, 2.24) is 4.90 Å². The van der Waals surface area contributed by atoms with Gasteiger partial charge in [0.05, 0.1) is 12.7 Å². The molecular weight excluding hydrogens is 212 g/mol. The molecule has 0 aliphatic carbocycles. The Balaban J connectivity index is 2.17. The number of ether oxygens (including phenoxy) is 1. The third-order valence-electron chi connectivity index (χ3n) is 3.84. The maximum absolute atomic E-state index is 5.74. The van der Waals surface area contributed by atoms with Gasteiger partial charge in [-0.1, -0.05) is 20.3 Å². The molecule has 17 heavy (non-hydrogen) atoms. The lowest BCUT2D eigenvalue weighted by Gasteiger charge is -2.37. The minimum Gasteiger partial charge on any atom is -0.376 e. The van der Waals surface area contributed by atoms with E-state index in [0.717, 1.165) is 19.7 Å². The molecule has 2 N–H and O–H groups in total. The lowest BCUT2D eigenvalue weighted by atomic mass is 9.87. The topological polar surface area (TPSA) is 38.5 Å². The molecule has 1 aliphatic heterocycles. The summed E-state index contributed by atoms with van der Waals surface area (Å²) >= 11 is 0. The molecule has 2 unspecified atom stereocenters. The first-order valence-corrected chi connectivity index (χ1v) is 7.00. The fourth-order valence-corrected chi connectivity index (χ4v) is 2.30. The number of nitrogens with two attached hydrogens (primary N) is 1. The standard InChI is InChI=1S/C14H30N2O/c1-12-10-17-13(2)9-16(12)8-6-5-7-14(3,4)11-15/h12-13H,5-11,15H2,1-4H3. The molecule has 3 nitrogen and oxygen atoms in total. The van der Waals surface area contributed by atoms with Crippen LogP contribution in [0.4, 0.5) is 0 Å². The largest absolute Gasteiger partial charge is 0.376 e. The van der Waals surface area contributed by atoms with Crippen LogP contribution in [0.2, 0.25) is 0 Å². The number of hydrogen-bond acceptors (Lipinski definition) is 3. The van der Waals surface area contributed by atoms with Crippen molar-refractivity contribution in [2.24, 2.45) is 11.1 Å². The first-order chi connectivity index (χ1) is 7.94. The van der Waals surface area contributed by atoms with Gasteiger partial charge in [-0.2, -0.15) is 0 Å². The Morgan fingerprint density at radius 1 is 1.29 bits per heavy atom. The molecule has 0 bridgehead atoms. The molecule has 1 aliphatic rings. The number of unbranched alkanes of at least 4 members (excludes halogenated alkanes) is 1. The van der Waals surface area contributed by atoms with E-state index in [-0.39, 0.29) is 0 Å². The van der Waals surface area contributed by atoms with Gasteiger partial charge in [0.1, 0.15) is 0 Å². The zero-order chi connectivity index (χ0) is 12.9. The van der Waals surface area contributed by atoms with Gasteiger partial charge < -0.3 is 10.5 Å². The van der Waals surface area contributed by atoms with Crippen LogP contribution in [0.5, 0.6) is 0 Å². The second-order valence-electron chi connectivity index (χ2n) is 6.31. The normalized spacial score (nSPS) is 27.4. The molecule has 0 amide bonds. The summed E-state index contributed by atoms with van der Waals surface area (Å²) < 4.78 is 5.64. The van der Waals surface area contributed by atoms with Gasteiger partial charge in [0.15, 0.2) is 0 Å². The van der Waals surface area contributed by atoms with Crippen LogP contribution in [0.1, 0.15) is 47.0 Å². The number of nitrogens with zero attached hydrogens (tertiary/aromatic N) is 1.